The Labute approximate surface area is 107 Å². The molecule has 1 aromatic heterocycles. The van der Waals surface area contributed by atoms with E-state index < -0.39 is 0 Å². The molecular weight excluding hydrogens is 228 g/mol. The van der Waals surface area contributed by atoms with Gasteiger partial charge in [-0.3, -0.25) is 4.79 Å². The minimum Gasteiger partial charge on any atom is -0.382 e. The number of nitrogens with one attached hydrogen (secondary N) is 1. The zero-order valence-electron chi connectivity index (χ0n) is 10.6. The van der Waals surface area contributed by atoms with Crippen LogP contribution in [0.25, 0.3) is 0 Å². The van der Waals surface area contributed by atoms with Crippen LogP contribution in [0.15, 0.2) is 12.4 Å². The number of nitrogens with two attached hydrogens (primary N) is 1. The van der Waals surface area contributed by atoms with Crippen LogP contribution in [0.1, 0.15) is 49.0 Å². The molecule has 1 aromatic rings. The summed E-state index contributed by atoms with van der Waals surface area (Å²) in [6, 6.07) is 0. The standard InChI is InChI=1S/C13H20N4O/c14-12-9-16-11(8-17-12)13(18)15-7-6-10-4-2-1-3-5-10/h8-10H,1-7H2,(H2,14,17)(H,15,18). The Kier molecular flexibility index (Phi) is 4.50. The Hall–Kier alpha value is -1.65. The molecule has 0 saturated heterocycles. The van der Waals surface area contributed by atoms with Crippen molar-refractivity contribution < 1.29 is 4.79 Å². The van der Waals surface area contributed by atoms with Crippen LogP contribution in [0, 0.1) is 5.92 Å². The molecule has 5 nitrogen and oxygen atoms in total. The van der Waals surface area contributed by atoms with Crippen LogP contribution < -0.4 is 11.1 Å². The first-order valence-corrected chi connectivity index (χ1v) is 6.61. The minimum absolute atomic E-state index is 0.168. The lowest BCUT2D eigenvalue weighted by molar-refractivity contribution is 0.0945. The third-order valence-electron chi connectivity index (χ3n) is 3.47. The SMILES string of the molecule is Nc1cnc(C(=O)NCCC2CCCCC2)cn1. The number of anilines is 1. The average molecular weight is 248 g/mol. The summed E-state index contributed by atoms with van der Waals surface area (Å²) in [5.41, 5.74) is 5.75. The summed E-state index contributed by atoms with van der Waals surface area (Å²) in [5.74, 6) is 0.934. The van der Waals surface area contributed by atoms with Crippen molar-refractivity contribution in [3.05, 3.63) is 18.1 Å². The molecule has 0 aliphatic heterocycles. The van der Waals surface area contributed by atoms with Gasteiger partial charge in [0.15, 0.2) is 0 Å². The Morgan fingerprint density at radius 2 is 2.06 bits per heavy atom. The van der Waals surface area contributed by atoms with Gasteiger partial charge in [-0.05, 0) is 12.3 Å². The fraction of sp³-hybridized carbons (Fsp3) is 0.615. The third kappa shape index (κ3) is 3.68. The molecule has 0 spiro atoms. The van der Waals surface area contributed by atoms with E-state index in [9.17, 15) is 4.79 Å². The highest BCUT2D eigenvalue weighted by Crippen LogP contribution is 2.25. The van der Waals surface area contributed by atoms with Crippen LogP contribution in [0.4, 0.5) is 5.82 Å². The molecule has 0 radical (unpaired) electrons. The third-order valence-corrected chi connectivity index (χ3v) is 3.47. The molecule has 1 aliphatic carbocycles. The predicted octanol–water partition coefficient (Wildman–Crippen LogP) is 1.76. The molecule has 0 bridgehead atoms. The van der Waals surface area contributed by atoms with Gasteiger partial charge >= 0.3 is 0 Å². The van der Waals surface area contributed by atoms with Crippen molar-refractivity contribution in [2.75, 3.05) is 12.3 Å². The van der Waals surface area contributed by atoms with Crippen molar-refractivity contribution in [3.8, 4) is 0 Å². The van der Waals surface area contributed by atoms with Gasteiger partial charge in [0.1, 0.15) is 11.5 Å². The van der Waals surface area contributed by atoms with E-state index in [1.54, 1.807) is 0 Å². The number of aromatic nitrogens is 2. The lowest BCUT2D eigenvalue weighted by Gasteiger charge is -2.21. The van der Waals surface area contributed by atoms with Crippen molar-refractivity contribution in [1.29, 1.82) is 0 Å². The van der Waals surface area contributed by atoms with Gasteiger partial charge in [0.25, 0.3) is 5.91 Å². The van der Waals surface area contributed by atoms with E-state index in [-0.39, 0.29) is 5.91 Å². The predicted molar refractivity (Wildman–Crippen MR) is 70.0 cm³/mol. The molecule has 1 heterocycles. The van der Waals surface area contributed by atoms with Crippen molar-refractivity contribution >= 4 is 11.7 Å². The van der Waals surface area contributed by atoms with Crippen LogP contribution in [-0.4, -0.2) is 22.4 Å². The van der Waals surface area contributed by atoms with Gasteiger partial charge in [-0.1, -0.05) is 32.1 Å². The number of carbonyl (C=O) groups excluding carboxylic acids is 1. The van der Waals surface area contributed by atoms with Crippen LogP contribution in [0.3, 0.4) is 0 Å². The van der Waals surface area contributed by atoms with Crippen LogP contribution in [0.2, 0.25) is 0 Å². The average Bonchev–Trinajstić information content (AvgIpc) is 2.40. The van der Waals surface area contributed by atoms with Gasteiger partial charge in [-0.25, -0.2) is 9.97 Å². The molecule has 0 atom stereocenters. The molecule has 1 amide bonds. The van der Waals surface area contributed by atoms with Crippen LogP contribution in [-0.2, 0) is 0 Å². The number of nitrogen functional groups attached to an aromatic ring is 1. The van der Waals surface area contributed by atoms with Crippen molar-refractivity contribution in [2.45, 2.75) is 38.5 Å². The number of nitrogens with zero attached hydrogens (tertiary/aromatic N) is 2. The topological polar surface area (TPSA) is 80.9 Å². The van der Waals surface area contributed by atoms with Crippen LogP contribution in [0.5, 0.6) is 0 Å². The van der Waals surface area contributed by atoms with E-state index >= 15 is 0 Å². The maximum atomic E-state index is 11.7. The zero-order valence-corrected chi connectivity index (χ0v) is 10.6. The van der Waals surface area contributed by atoms with E-state index in [0.29, 0.717) is 11.5 Å². The molecule has 2 rings (SSSR count). The lowest BCUT2D eigenvalue weighted by atomic mass is 9.87. The van der Waals surface area contributed by atoms with Gasteiger partial charge in [0.2, 0.25) is 0 Å². The zero-order chi connectivity index (χ0) is 12.8. The maximum Gasteiger partial charge on any atom is 0.271 e. The normalized spacial score (nSPS) is 16.4. The van der Waals surface area contributed by atoms with Gasteiger partial charge in [-0.2, -0.15) is 0 Å². The second-order valence-electron chi connectivity index (χ2n) is 4.88. The first-order valence-electron chi connectivity index (χ1n) is 6.61. The number of amides is 1. The molecule has 1 saturated carbocycles. The van der Waals surface area contributed by atoms with Crippen molar-refractivity contribution in [2.24, 2.45) is 5.92 Å². The van der Waals surface area contributed by atoms with Gasteiger partial charge in [0, 0.05) is 6.54 Å². The van der Waals surface area contributed by atoms with Crippen LogP contribution >= 0.6 is 0 Å². The number of carbonyl (C=O) groups is 1. The molecule has 3 N–H and O–H groups in total. The van der Waals surface area contributed by atoms with Gasteiger partial charge in [0.05, 0.1) is 12.4 Å². The van der Waals surface area contributed by atoms with Crippen molar-refractivity contribution in [1.82, 2.24) is 15.3 Å². The Balaban J connectivity index is 1.72. The van der Waals surface area contributed by atoms with E-state index in [2.05, 4.69) is 15.3 Å². The molecule has 98 valence electrons. The second kappa shape index (κ2) is 6.33. The molecule has 0 aromatic carbocycles. The summed E-state index contributed by atoms with van der Waals surface area (Å²) in [6.45, 7) is 0.718. The molecule has 1 aliphatic rings. The van der Waals surface area contributed by atoms with Gasteiger partial charge in [-0.15, -0.1) is 0 Å². The summed E-state index contributed by atoms with van der Waals surface area (Å²) in [6.07, 6.45) is 10.5. The largest absolute Gasteiger partial charge is 0.382 e. The summed E-state index contributed by atoms with van der Waals surface area (Å²) in [7, 11) is 0. The number of hydrogen-bond acceptors (Lipinski definition) is 4. The molecule has 0 unspecified atom stereocenters. The molecule has 5 heteroatoms. The first-order chi connectivity index (χ1) is 8.75. The second-order valence-corrected chi connectivity index (χ2v) is 4.88. The molecule has 1 fully saturated rings. The van der Waals surface area contributed by atoms with E-state index in [1.165, 1.54) is 44.5 Å². The van der Waals surface area contributed by atoms with Crippen molar-refractivity contribution in [3.63, 3.8) is 0 Å². The smallest absolute Gasteiger partial charge is 0.271 e. The Morgan fingerprint density at radius 1 is 1.28 bits per heavy atom. The highest BCUT2D eigenvalue weighted by atomic mass is 16.1. The Morgan fingerprint density at radius 3 is 2.72 bits per heavy atom. The lowest BCUT2D eigenvalue weighted by Crippen LogP contribution is -2.27. The molecule has 18 heavy (non-hydrogen) atoms. The summed E-state index contributed by atoms with van der Waals surface area (Å²) >= 11 is 0. The van der Waals surface area contributed by atoms with E-state index in [1.807, 2.05) is 0 Å². The summed E-state index contributed by atoms with van der Waals surface area (Å²) in [4.78, 5) is 19.5. The molecular formula is C13H20N4O. The maximum absolute atomic E-state index is 11.7. The quantitative estimate of drug-likeness (QED) is 0.850. The number of rotatable bonds is 4. The van der Waals surface area contributed by atoms with E-state index in [4.69, 9.17) is 5.73 Å². The fourth-order valence-corrected chi connectivity index (χ4v) is 2.41. The summed E-state index contributed by atoms with van der Waals surface area (Å²) < 4.78 is 0. The van der Waals surface area contributed by atoms with E-state index in [0.717, 1.165) is 18.9 Å². The highest BCUT2D eigenvalue weighted by Gasteiger charge is 2.14. The monoisotopic (exact) mass is 248 g/mol. The highest BCUT2D eigenvalue weighted by molar-refractivity contribution is 5.91. The number of hydrogen-bond donors (Lipinski definition) is 2. The summed E-state index contributed by atoms with van der Waals surface area (Å²) in [5, 5.41) is 2.88. The first kappa shape index (κ1) is 12.8. The fourth-order valence-electron chi connectivity index (χ4n) is 2.41. The Bertz CT molecular complexity index is 384. The minimum atomic E-state index is -0.168. The van der Waals surface area contributed by atoms with Gasteiger partial charge < -0.3 is 11.1 Å².